The molecule has 43 heavy (non-hydrogen) atoms. The number of aryl methyl sites for hydroxylation is 1. The van der Waals surface area contributed by atoms with E-state index in [0.717, 1.165) is 48.9 Å². The normalized spacial score (nSPS) is 27.0. The van der Waals surface area contributed by atoms with Crippen LogP contribution < -0.4 is 19.7 Å². The summed E-state index contributed by atoms with van der Waals surface area (Å²) in [6, 6.07) is 10.7. The molecular weight excluding hydrogens is 603 g/mol. The van der Waals surface area contributed by atoms with Crippen LogP contribution in [0.25, 0.3) is 0 Å². The third-order valence-corrected chi connectivity index (χ3v) is 10.7. The molecule has 2 aromatic rings. The van der Waals surface area contributed by atoms with E-state index >= 15 is 0 Å². The molecule has 0 radical (unpaired) electrons. The van der Waals surface area contributed by atoms with E-state index in [9.17, 15) is 26.7 Å². The molecular formula is C31H41ClF3N3O4S. The van der Waals surface area contributed by atoms with Crippen LogP contribution >= 0.6 is 11.6 Å². The lowest BCUT2D eigenvalue weighted by atomic mass is 9.68. The van der Waals surface area contributed by atoms with Gasteiger partial charge in [0.1, 0.15) is 18.6 Å². The summed E-state index contributed by atoms with van der Waals surface area (Å²) in [6.07, 6.45) is 0.779. The fourth-order valence-electron chi connectivity index (χ4n) is 6.60. The molecule has 1 aliphatic carbocycles. The first-order chi connectivity index (χ1) is 20.5. The second-order valence-corrected chi connectivity index (χ2v) is 14.4. The van der Waals surface area contributed by atoms with E-state index in [0.29, 0.717) is 61.7 Å². The predicted octanol–water partition coefficient (Wildman–Crippen LogP) is 6.09. The van der Waals surface area contributed by atoms with Crippen LogP contribution in [0.1, 0.15) is 74.3 Å². The van der Waals surface area contributed by atoms with Crippen LogP contribution in [-0.4, -0.2) is 51.1 Å². The summed E-state index contributed by atoms with van der Waals surface area (Å²) in [6.45, 7) is 0.597. The number of halogens is 4. The highest BCUT2D eigenvalue weighted by atomic mass is 35.5. The van der Waals surface area contributed by atoms with Crippen molar-refractivity contribution in [3.8, 4) is 5.75 Å². The molecule has 1 fully saturated rings. The third-order valence-electron chi connectivity index (χ3n) is 9.05. The minimum Gasteiger partial charge on any atom is -0.487 e. The lowest BCUT2D eigenvalue weighted by Crippen LogP contribution is -2.50. The van der Waals surface area contributed by atoms with E-state index in [1.165, 1.54) is 0 Å². The second-order valence-electron chi connectivity index (χ2n) is 12.1. The first-order valence-corrected chi connectivity index (χ1v) is 17.3. The largest absolute Gasteiger partial charge is 0.487 e. The van der Waals surface area contributed by atoms with Crippen molar-refractivity contribution in [2.45, 2.75) is 82.8 Å². The summed E-state index contributed by atoms with van der Waals surface area (Å²) < 4.78 is 73.9. The van der Waals surface area contributed by atoms with Gasteiger partial charge in [-0.05, 0) is 97.7 Å². The number of anilines is 1. The number of hydrogen-bond acceptors (Lipinski definition) is 6. The molecule has 1 unspecified atom stereocenters. The Bertz CT molecular complexity index is 1360. The Hall–Kier alpha value is -2.05. The summed E-state index contributed by atoms with van der Waals surface area (Å²) in [5.74, 6) is 0.716. The van der Waals surface area contributed by atoms with Crippen molar-refractivity contribution in [1.82, 2.24) is 10.0 Å². The molecule has 2 aromatic carbocycles. The number of nitrogens with zero attached hydrogens (tertiary/aromatic N) is 1. The van der Waals surface area contributed by atoms with E-state index < -0.39 is 29.0 Å². The number of sulfonamides is 1. The fourth-order valence-corrected chi connectivity index (χ4v) is 7.98. The van der Waals surface area contributed by atoms with Gasteiger partial charge in [0.2, 0.25) is 10.0 Å². The van der Waals surface area contributed by atoms with Gasteiger partial charge in [-0.25, -0.2) is 8.42 Å². The monoisotopic (exact) mass is 643 g/mol. The third kappa shape index (κ3) is 8.78. The molecule has 4 atom stereocenters. The topological polar surface area (TPSA) is 90.9 Å². The molecule has 1 saturated carbocycles. The molecule has 0 saturated heterocycles. The van der Waals surface area contributed by atoms with Crippen LogP contribution in [0.3, 0.4) is 0 Å². The molecule has 2 bridgehead atoms. The van der Waals surface area contributed by atoms with Crippen molar-refractivity contribution >= 4 is 27.3 Å². The Balaban J connectivity index is 1.48. The molecule has 5 rings (SSSR count). The number of rotatable bonds is 2. The van der Waals surface area contributed by atoms with Crippen LogP contribution in [0, 0.1) is 11.8 Å². The first-order valence-electron chi connectivity index (χ1n) is 15.2. The van der Waals surface area contributed by atoms with Gasteiger partial charge in [0, 0.05) is 24.2 Å². The number of fused-ring (bicyclic) bond motifs is 3. The number of benzene rings is 2. The van der Waals surface area contributed by atoms with Crippen LogP contribution in [0.2, 0.25) is 5.02 Å². The maximum absolute atomic E-state index is 13.2. The quantitative estimate of drug-likeness (QED) is 0.367. The van der Waals surface area contributed by atoms with Crippen molar-refractivity contribution < 1.29 is 31.4 Å². The molecule has 3 N–H and O–H groups in total. The maximum Gasteiger partial charge on any atom is 0.401 e. The minimum atomic E-state index is -4.30. The zero-order chi connectivity index (χ0) is 30.6. The molecule has 12 heteroatoms. The Morgan fingerprint density at radius 1 is 1.02 bits per heavy atom. The van der Waals surface area contributed by atoms with Crippen LogP contribution in [0.15, 0.2) is 36.4 Å². The summed E-state index contributed by atoms with van der Waals surface area (Å²) in [5, 5.41) is 14.4. The van der Waals surface area contributed by atoms with Crippen molar-refractivity contribution in [3.63, 3.8) is 0 Å². The Morgan fingerprint density at radius 2 is 1.86 bits per heavy atom. The number of nitrogens with one attached hydrogen (secondary N) is 2. The van der Waals surface area contributed by atoms with Gasteiger partial charge in [-0.3, -0.25) is 0 Å². The van der Waals surface area contributed by atoms with Crippen LogP contribution in [0.4, 0.5) is 18.9 Å². The zero-order valence-electron chi connectivity index (χ0n) is 24.2. The van der Waals surface area contributed by atoms with Gasteiger partial charge >= 0.3 is 6.18 Å². The average molecular weight is 644 g/mol. The SMILES string of the molecule is O=S1(=O)CCCCC[C@H](NCC(F)(F)F)[C@@H]2CC[C@H]2CN2CCCCc3cc(Cl)ccc3COc3ccc(cc32)C(O)N1. The van der Waals surface area contributed by atoms with E-state index in [1.807, 2.05) is 18.2 Å². The lowest BCUT2D eigenvalue weighted by Gasteiger charge is -2.45. The number of aliphatic hydroxyl groups is 1. The second kappa shape index (κ2) is 13.9. The summed E-state index contributed by atoms with van der Waals surface area (Å²) in [7, 11) is -3.78. The fraction of sp³-hybridized carbons (Fsp3) is 0.613. The van der Waals surface area contributed by atoms with Crippen molar-refractivity contribution in [3.05, 3.63) is 58.1 Å². The molecule has 0 aromatic heterocycles. The van der Waals surface area contributed by atoms with Gasteiger partial charge in [0.05, 0.1) is 18.0 Å². The van der Waals surface area contributed by atoms with Gasteiger partial charge in [0.25, 0.3) is 0 Å². The van der Waals surface area contributed by atoms with Gasteiger partial charge in [-0.1, -0.05) is 36.6 Å². The number of ether oxygens (including phenoxy) is 1. The van der Waals surface area contributed by atoms with Crippen molar-refractivity contribution in [2.24, 2.45) is 11.8 Å². The van der Waals surface area contributed by atoms with E-state index in [-0.39, 0.29) is 23.6 Å². The Kier molecular flexibility index (Phi) is 10.5. The zero-order valence-corrected chi connectivity index (χ0v) is 25.8. The van der Waals surface area contributed by atoms with Gasteiger partial charge in [-0.2, -0.15) is 17.9 Å². The van der Waals surface area contributed by atoms with Gasteiger partial charge in [0.15, 0.2) is 0 Å². The van der Waals surface area contributed by atoms with Gasteiger partial charge < -0.3 is 20.1 Å². The molecule has 0 spiro atoms. The smallest absolute Gasteiger partial charge is 0.401 e. The maximum atomic E-state index is 13.2. The molecule has 2 aliphatic heterocycles. The first kappa shape index (κ1) is 32.3. The Morgan fingerprint density at radius 3 is 2.63 bits per heavy atom. The van der Waals surface area contributed by atoms with E-state index in [2.05, 4.69) is 14.9 Å². The van der Waals surface area contributed by atoms with Crippen LogP contribution in [-0.2, 0) is 23.1 Å². The van der Waals surface area contributed by atoms with E-state index in [4.69, 9.17) is 16.3 Å². The van der Waals surface area contributed by atoms with Crippen molar-refractivity contribution in [1.29, 1.82) is 0 Å². The highest BCUT2D eigenvalue weighted by Crippen LogP contribution is 2.42. The molecule has 3 aliphatic rings. The highest BCUT2D eigenvalue weighted by Gasteiger charge is 2.39. The number of aliphatic hydroxyl groups excluding tert-OH is 1. The standard InChI is InChI=1S/C31H41ClF3N3O4S/c32-25-11-8-24-19-42-29-13-10-22-17-28(29)38(14-4-3-6-21(24)16-25)18-23-9-12-26(23)27(36-20-31(33,34)35)7-2-1-5-15-43(40,41)37-30(22)39/h8,10-11,13,16-17,23,26-27,30,36-37,39H,1-7,9,12,14-15,18-20H2/t23-,26+,27-,30?/m0/s1. The molecule has 2 heterocycles. The Labute approximate surface area is 257 Å². The van der Waals surface area contributed by atoms with Crippen LogP contribution in [0.5, 0.6) is 5.75 Å². The molecule has 238 valence electrons. The van der Waals surface area contributed by atoms with Crippen molar-refractivity contribution in [2.75, 3.05) is 30.3 Å². The number of hydrogen-bond donors (Lipinski definition) is 3. The van der Waals surface area contributed by atoms with Gasteiger partial charge in [-0.15, -0.1) is 0 Å². The summed E-state index contributed by atoms with van der Waals surface area (Å²) in [5.41, 5.74) is 3.31. The number of alkyl halides is 3. The lowest BCUT2D eigenvalue weighted by molar-refractivity contribution is -0.128. The highest BCUT2D eigenvalue weighted by molar-refractivity contribution is 7.89. The minimum absolute atomic E-state index is 0.0865. The summed E-state index contributed by atoms with van der Waals surface area (Å²) >= 11 is 6.29. The molecule has 7 nitrogen and oxygen atoms in total. The predicted molar refractivity (Wildman–Crippen MR) is 162 cm³/mol. The van der Waals surface area contributed by atoms with E-state index in [1.54, 1.807) is 18.2 Å². The average Bonchev–Trinajstić information content (AvgIpc) is 2.95. The molecule has 0 amide bonds. The summed E-state index contributed by atoms with van der Waals surface area (Å²) in [4.78, 5) is 2.21.